The Hall–Kier alpha value is -0.570. The third-order valence-electron chi connectivity index (χ3n) is 3.86. The van der Waals surface area contributed by atoms with Crippen molar-refractivity contribution in [3.63, 3.8) is 0 Å². The first-order chi connectivity index (χ1) is 9.09. The van der Waals surface area contributed by atoms with Crippen LogP contribution in [0.15, 0.2) is 18.2 Å². The van der Waals surface area contributed by atoms with E-state index in [9.17, 15) is 4.79 Å². The zero-order valence-electron chi connectivity index (χ0n) is 11.1. The molecule has 1 aromatic rings. The van der Waals surface area contributed by atoms with Crippen molar-refractivity contribution in [2.75, 3.05) is 13.1 Å². The lowest BCUT2D eigenvalue weighted by Gasteiger charge is -2.36. The maximum atomic E-state index is 12.8. The number of nitrogens with one attached hydrogen (secondary N) is 1. The monoisotopic (exact) mass is 299 g/mol. The molecule has 0 unspecified atom stereocenters. The van der Waals surface area contributed by atoms with E-state index in [0.29, 0.717) is 15.6 Å². The van der Waals surface area contributed by atoms with Crippen LogP contribution in [0.3, 0.4) is 0 Å². The SMILES string of the molecule is CCC[C@@]1(C(=O)c2ccc(Cl)c(Cl)c2)CCCNC1. The zero-order valence-corrected chi connectivity index (χ0v) is 12.7. The first-order valence-corrected chi connectivity index (χ1v) is 7.55. The second-order valence-electron chi connectivity index (χ2n) is 5.27. The fourth-order valence-corrected chi connectivity index (χ4v) is 3.21. The molecule has 0 spiro atoms. The zero-order chi connectivity index (χ0) is 13.9. The second kappa shape index (κ2) is 6.25. The number of hydrogen-bond acceptors (Lipinski definition) is 2. The van der Waals surface area contributed by atoms with Crippen molar-refractivity contribution in [3.8, 4) is 0 Å². The average Bonchev–Trinajstić information content (AvgIpc) is 2.42. The molecule has 0 radical (unpaired) electrons. The van der Waals surface area contributed by atoms with Crippen LogP contribution in [0.2, 0.25) is 10.0 Å². The summed E-state index contributed by atoms with van der Waals surface area (Å²) in [4.78, 5) is 12.8. The third-order valence-corrected chi connectivity index (χ3v) is 4.60. The van der Waals surface area contributed by atoms with E-state index in [-0.39, 0.29) is 11.2 Å². The normalized spacial score (nSPS) is 23.3. The number of ketones is 1. The number of rotatable bonds is 4. The number of Topliss-reactive ketones (excluding diaryl/α,β-unsaturated/α-hetero) is 1. The predicted molar refractivity (Wildman–Crippen MR) is 80.2 cm³/mol. The van der Waals surface area contributed by atoms with Gasteiger partial charge in [-0.05, 0) is 44.0 Å². The van der Waals surface area contributed by atoms with Crippen molar-refractivity contribution >= 4 is 29.0 Å². The van der Waals surface area contributed by atoms with Crippen LogP contribution in [0.5, 0.6) is 0 Å². The molecular formula is C15H19Cl2NO. The lowest BCUT2D eigenvalue weighted by Crippen LogP contribution is -2.45. The minimum absolute atomic E-state index is 0.195. The van der Waals surface area contributed by atoms with Crippen LogP contribution in [0.1, 0.15) is 43.0 Å². The molecule has 2 nitrogen and oxygen atoms in total. The third kappa shape index (κ3) is 3.13. The van der Waals surface area contributed by atoms with Gasteiger partial charge in [-0.1, -0.05) is 36.5 Å². The quantitative estimate of drug-likeness (QED) is 0.838. The summed E-state index contributed by atoms with van der Waals surface area (Å²) in [5.74, 6) is 0.195. The van der Waals surface area contributed by atoms with Crippen LogP contribution in [-0.4, -0.2) is 18.9 Å². The van der Waals surface area contributed by atoms with Crippen molar-refractivity contribution in [2.45, 2.75) is 32.6 Å². The van der Waals surface area contributed by atoms with Crippen LogP contribution in [0.25, 0.3) is 0 Å². The van der Waals surface area contributed by atoms with E-state index >= 15 is 0 Å². The lowest BCUT2D eigenvalue weighted by atomic mass is 9.71. The average molecular weight is 300 g/mol. The van der Waals surface area contributed by atoms with Crippen molar-refractivity contribution in [1.29, 1.82) is 0 Å². The van der Waals surface area contributed by atoms with Crippen LogP contribution in [0, 0.1) is 5.41 Å². The topological polar surface area (TPSA) is 29.1 Å². The smallest absolute Gasteiger partial charge is 0.170 e. The maximum absolute atomic E-state index is 12.8. The summed E-state index contributed by atoms with van der Waals surface area (Å²) in [6, 6.07) is 5.17. The predicted octanol–water partition coefficient (Wildman–Crippen LogP) is 4.35. The number of carbonyl (C=O) groups is 1. The van der Waals surface area contributed by atoms with E-state index in [4.69, 9.17) is 23.2 Å². The van der Waals surface area contributed by atoms with Crippen LogP contribution < -0.4 is 5.32 Å². The first kappa shape index (κ1) is 14.8. The van der Waals surface area contributed by atoms with Gasteiger partial charge in [-0.15, -0.1) is 0 Å². The van der Waals surface area contributed by atoms with Crippen LogP contribution in [-0.2, 0) is 0 Å². The summed E-state index contributed by atoms with van der Waals surface area (Å²) in [5.41, 5.74) is 0.399. The Morgan fingerprint density at radius 3 is 2.74 bits per heavy atom. The van der Waals surface area contributed by atoms with E-state index in [1.54, 1.807) is 18.2 Å². The largest absolute Gasteiger partial charge is 0.316 e. The molecule has 1 aromatic carbocycles. The molecule has 1 atom stereocenters. The van der Waals surface area contributed by atoms with Crippen molar-refractivity contribution in [1.82, 2.24) is 5.32 Å². The summed E-state index contributed by atoms with van der Waals surface area (Å²) in [7, 11) is 0. The summed E-state index contributed by atoms with van der Waals surface area (Å²) in [6.07, 6.45) is 3.92. The second-order valence-corrected chi connectivity index (χ2v) is 6.08. The fourth-order valence-electron chi connectivity index (χ4n) is 2.91. The first-order valence-electron chi connectivity index (χ1n) is 6.79. The van der Waals surface area contributed by atoms with Crippen LogP contribution in [0.4, 0.5) is 0 Å². The minimum Gasteiger partial charge on any atom is -0.316 e. The van der Waals surface area contributed by atoms with E-state index in [0.717, 1.165) is 38.8 Å². The Balaban J connectivity index is 2.30. The Morgan fingerprint density at radius 2 is 2.16 bits per heavy atom. The highest BCUT2D eigenvalue weighted by molar-refractivity contribution is 6.42. The highest BCUT2D eigenvalue weighted by Gasteiger charge is 2.39. The van der Waals surface area contributed by atoms with E-state index in [1.807, 2.05) is 0 Å². The standard InChI is InChI=1S/C15H19Cl2NO/c1-2-6-15(7-3-8-18-10-15)14(19)11-4-5-12(16)13(17)9-11/h4-5,9,18H,2-3,6-8,10H2,1H3/t15-/m1/s1. The molecule has 0 saturated carbocycles. The van der Waals surface area contributed by atoms with Gasteiger partial charge in [0.1, 0.15) is 0 Å². The summed E-state index contributed by atoms with van der Waals surface area (Å²) < 4.78 is 0. The highest BCUT2D eigenvalue weighted by atomic mass is 35.5. The Labute approximate surface area is 124 Å². The molecule has 0 aromatic heterocycles. The summed E-state index contributed by atoms with van der Waals surface area (Å²) in [6.45, 7) is 3.89. The molecule has 1 heterocycles. The van der Waals surface area contributed by atoms with Crippen molar-refractivity contribution in [3.05, 3.63) is 33.8 Å². The van der Waals surface area contributed by atoms with Gasteiger partial charge < -0.3 is 5.32 Å². The van der Waals surface area contributed by atoms with Crippen molar-refractivity contribution < 1.29 is 4.79 Å². The van der Waals surface area contributed by atoms with Gasteiger partial charge in [-0.25, -0.2) is 0 Å². The summed E-state index contributed by atoms with van der Waals surface area (Å²) in [5, 5.41) is 4.29. The molecule has 2 rings (SSSR count). The van der Waals surface area contributed by atoms with Crippen LogP contribution >= 0.6 is 23.2 Å². The molecule has 0 amide bonds. The Morgan fingerprint density at radius 1 is 1.37 bits per heavy atom. The number of benzene rings is 1. The number of carbonyl (C=O) groups excluding carboxylic acids is 1. The van der Waals surface area contributed by atoms with Gasteiger partial charge in [0.15, 0.2) is 5.78 Å². The molecule has 1 saturated heterocycles. The number of halogens is 2. The van der Waals surface area contributed by atoms with Gasteiger partial charge in [-0.3, -0.25) is 4.79 Å². The molecule has 1 N–H and O–H groups in total. The molecule has 0 bridgehead atoms. The Kier molecular flexibility index (Phi) is 4.88. The fraction of sp³-hybridized carbons (Fsp3) is 0.533. The molecular weight excluding hydrogens is 281 g/mol. The molecule has 104 valence electrons. The minimum atomic E-state index is -0.274. The van der Waals surface area contributed by atoms with E-state index < -0.39 is 0 Å². The molecule has 19 heavy (non-hydrogen) atoms. The van der Waals surface area contributed by atoms with E-state index in [2.05, 4.69) is 12.2 Å². The van der Waals surface area contributed by atoms with Gasteiger partial charge >= 0.3 is 0 Å². The number of hydrogen-bond donors (Lipinski definition) is 1. The Bertz CT molecular complexity index is 462. The molecule has 4 heteroatoms. The van der Waals surface area contributed by atoms with Crippen molar-refractivity contribution in [2.24, 2.45) is 5.41 Å². The molecule has 0 aliphatic carbocycles. The van der Waals surface area contributed by atoms with E-state index in [1.165, 1.54) is 0 Å². The van der Waals surface area contributed by atoms with Gasteiger partial charge in [-0.2, -0.15) is 0 Å². The maximum Gasteiger partial charge on any atom is 0.170 e. The molecule has 1 fully saturated rings. The summed E-state index contributed by atoms with van der Waals surface area (Å²) >= 11 is 11.9. The van der Waals surface area contributed by atoms with Gasteiger partial charge in [0.2, 0.25) is 0 Å². The van der Waals surface area contributed by atoms with Gasteiger partial charge in [0.25, 0.3) is 0 Å². The molecule has 1 aliphatic rings. The van der Waals surface area contributed by atoms with Gasteiger partial charge in [0.05, 0.1) is 10.0 Å². The lowest BCUT2D eigenvalue weighted by molar-refractivity contribution is 0.0718. The number of piperidine rings is 1. The molecule has 1 aliphatic heterocycles. The van der Waals surface area contributed by atoms with Gasteiger partial charge in [0, 0.05) is 17.5 Å². The highest BCUT2D eigenvalue weighted by Crippen LogP contribution is 2.36.